The molecule has 0 unspecified atom stereocenters. The van der Waals surface area contributed by atoms with E-state index in [9.17, 15) is 9.59 Å². The molecule has 0 spiro atoms. The van der Waals surface area contributed by atoms with Crippen molar-refractivity contribution < 1.29 is 23.5 Å². The molecule has 1 heterocycles. The molecule has 1 aliphatic heterocycles. The van der Waals surface area contributed by atoms with Gasteiger partial charge < -0.3 is 14.5 Å². The molecular formula is C18H17NO5S. The molecule has 130 valence electrons. The first-order valence-corrected chi connectivity index (χ1v) is 8.66. The van der Waals surface area contributed by atoms with Gasteiger partial charge in [0.25, 0.3) is 0 Å². The molecule has 0 N–H and O–H groups in total. The van der Waals surface area contributed by atoms with Crippen molar-refractivity contribution in [1.82, 2.24) is 4.90 Å². The van der Waals surface area contributed by atoms with Crippen LogP contribution in [0, 0.1) is 0 Å². The average Bonchev–Trinajstić information content (AvgIpc) is 2.65. The third-order valence-corrected chi connectivity index (χ3v) is 4.18. The number of cyclic esters (lactones) is 1. The lowest BCUT2D eigenvalue weighted by molar-refractivity contribution is -0.175. The molecule has 1 aliphatic rings. The lowest BCUT2D eigenvalue weighted by Crippen LogP contribution is -2.55. The van der Waals surface area contributed by atoms with E-state index in [0.717, 1.165) is 17.6 Å². The number of carbonyl (C=O) groups excluding carboxylic acids is 2. The Morgan fingerprint density at radius 2 is 1.80 bits per heavy atom. The van der Waals surface area contributed by atoms with E-state index < -0.39 is 6.04 Å². The fourth-order valence-electron chi connectivity index (χ4n) is 2.29. The first kappa shape index (κ1) is 17.3. The standard InChI is InChI=1S/C18H17NO5S/c20-17(13-25-24-23-15-9-5-2-6-10-15)19(16-12-22-18(16)21)11-14-7-3-1-4-8-14/h1-10,16H,11-13H2/t16-/m1/s1. The molecule has 0 aromatic heterocycles. The second-order valence-corrected chi connectivity index (χ2v) is 6.04. The Morgan fingerprint density at radius 1 is 1.12 bits per heavy atom. The third kappa shape index (κ3) is 4.74. The van der Waals surface area contributed by atoms with Gasteiger partial charge >= 0.3 is 5.97 Å². The minimum absolute atomic E-state index is 0.0312. The quantitative estimate of drug-likeness (QED) is 0.237. The summed E-state index contributed by atoms with van der Waals surface area (Å²) in [5.41, 5.74) is 0.946. The summed E-state index contributed by atoms with van der Waals surface area (Å²) in [6.45, 7) is 0.572. The van der Waals surface area contributed by atoms with Crippen LogP contribution < -0.4 is 4.89 Å². The van der Waals surface area contributed by atoms with Crippen molar-refractivity contribution in [1.29, 1.82) is 0 Å². The van der Waals surface area contributed by atoms with Crippen LogP contribution in [0.3, 0.4) is 0 Å². The van der Waals surface area contributed by atoms with Crippen molar-refractivity contribution in [3.63, 3.8) is 0 Å². The van der Waals surface area contributed by atoms with Crippen LogP contribution in [-0.2, 0) is 25.2 Å². The largest absolute Gasteiger partial charge is 0.461 e. The number of ether oxygens (including phenoxy) is 1. The topological polar surface area (TPSA) is 65.1 Å². The van der Waals surface area contributed by atoms with Crippen LogP contribution in [0.2, 0.25) is 0 Å². The van der Waals surface area contributed by atoms with Gasteiger partial charge in [-0.25, -0.2) is 4.79 Å². The molecule has 25 heavy (non-hydrogen) atoms. The van der Waals surface area contributed by atoms with Gasteiger partial charge in [-0.2, -0.15) is 0 Å². The first-order valence-electron chi connectivity index (χ1n) is 7.75. The molecule has 0 aliphatic carbocycles. The van der Waals surface area contributed by atoms with E-state index in [1.54, 1.807) is 12.1 Å². The van der Waals surface area contributed by atoms with Gasteiger partial charge in [-0.3, -0.25) is 4.79 Å². The van der Waals surface area contributed by atoms with Crippen molar-refractivity contribution in [2.45, 2.75) is 12.6 Å². The second kappa shape index (κ2) is 8.55. The highest BCUT2D eigenvalue weighted by Crippen LogP contribution is 2.19. The van der Waals surface area contributed by atoms with E-state index in [1.165, 1.54) is 4.90 Å². The highest BCUT2D eigenvalue weighted by molar-refractivity contribution is 7.95. The van der Waals surface area contributed by atoms with Crippen LogP contribution in [0.25, 0.3) is 0 Å². The number of rotatable bonds is 8. The lowest BCUT2D eigenvalue weighted by atomic mass is 10.1. The lowest BCUT2D eigenvalue weighted by Gasteiger charge is -2.35. The average molecular weight is 359 g/mol. The molecule has 3 rings (SSSR count). The molecule has 6 nitrogen and oxygen atoms in total. The molecule has 2 aromatic carbocycles. The highest BCUT2D eigenvalue weighted by atomic mass is 32.2. The molecule has 1 amide bonds. The first-order chi connectivity index (χ1) is 12.2. The molecular weight excluding hydrogens is 342 g/mol. The number of amides is 1. The van der Waals surface area contributed by atoms with E-state index in [4.69, 9.17) is 14.0 Å². The molecule has 1 atom stereocenters. The van der Waals surface area contributed by atoms with Gasteiger partial charge in [0.1, 0.15) is 12.4 Å². The summed E-state index contributed by atoms with van der Waals surface area (Å²) >= 11 is 0.883. The number of carbonyl (C=O) groups is 2. The highest BCUT2D eigenvalue weighted by Gasteiger charge is 2.39. The zero-order valence-corrected chi connectivity index (χ0v) is 14.2. The Kier molecular flexibility index (Phi) is 5.92. The number of benzene rings is 2. The van der Waals surface area contributed by atoms with Gasteiger partial charge in [0, 0.05) is 6.54 Å². The van der Waals surface area contributed by atoms with Crippen LogP contribution in [0.4, 0.5) is 0 Å². The van der Waals surface area contributed by atoms with Gasteiger partial charge in [-0.15, -0.1) is 4.33 Å². The third-order valence-electron chi connectivity index (χ3n) is 3.65. The smallest absolute Gasteiger partial charge is 0.332 e. The minimum atomic E-state index is -0.539. The summed E-state index contributed by atoms with van der Waals surface area (Å²) in [6.07, 6.45) is 0. The van der Waals surface area contributed by atoms with Crippen LogP contribution >= 0.6 is 12.0 Å². The Bertz CT molecular complexity index is 710. The molecule has 0 radical (unpaired) electrons. The van der Waals surface area contributed by atoms with Crippen molar-refractivity contribution in [3.8, 4) is 5.75 Å². The Balaban J connectivity index is 1.53. The molecule has 2 aromatic rings. The maximum atomic E-state index is 12.5. The Labute approximate surface area is 149 Å². The summed E-state index contributed by atoms with van der Waals surface area (Å²) < 4.78 is 9.80. The summed E-state index contributed by atoms with van der Waals surface area (Å²) in [5, 5.41) is 0. The normalized spacial score (nSPS) is 15.8. The number of para-hydroxylation sites is 1. The van der Waals surface area contributed by atoms with Crippen LogP contribution in [0.1, 0.15) is 5.56 Å². The fourth-order valence-corrected chi connectivity index (χ4v) is 2.73. The zero-order chi connectivity index (χ0) is 17.5. The molecule has 1 saturated heterocycles. The number of nitrogens with zero attached hydrogens (tertiary/aromatic N) is 1. The van der Waals surface area contributed by atoms with E-state index in [-0.39, 0.29) is 24.2 Å². The summed E-state index contributed by atoms with van der Waals surface area (Å²) in [6, 6.07) is 18.0. The second-order valence-electron chi connectivity index (χ2n) is 5.38. The number of esters is 1. The fraction of sp³-hybridized carbons (Fsp3) is 0.222. The van der Waals surface area contributed by atoms with Crippen molar-refractivity contribution in [2.24, 2.45) is 0 Å². The molecule has 0 bridgehead atoms. The van der Waals surface area contributed by atoms with Crippen molar-refractivity contribution in [3.05, 3.63) is 66.2 Å². The van der Waals surface area contributed by atoms with Crippen LogP contribution in [0.5, 0.6) is 5.75 Å². The zero-order valence-electron chi connectivity index (χ0n) is 13.4. The van der Waals surface area contributed by atoms with E-state index >= 15 is 0 Å². The number of hydrogen-bond acceptors (Lipinski definition) is 6. The molecule has 7 heteroatoms. The summed E-state index contributed by atoms with van der Waals surface area (Å²) in [5.74, 6) is -0.0160. The summed E-state index contributed by atoms with van der Waals surface area (Å²) in [4.78, 5) is 30.7. The maximum Gasteiger partial charge on any atom is 0.332 e. The maximum absolute atomic E-state index is 12.5. The van der Waals surface area contributed by atoms with Crippen LogP contribution in [0.15, 0.2) is 60.7 Å². The van der Waals surface area contributed by atoms with E-state index in [0.29, 0.717) is 12.3 Å². The van der Waals surface area contributed by atoms with Gasteiger partial charge in [0.15, 0.2) is 11.8 Å². The van der Waals surface area contributed by atoms with Crippen LogP contribution in [-0.4, -0.2) is 35.2 Å². The predicted octanol–water partition coefficient (Wildman–Crippen LogP) is 2.60. The minimum Gasteiger partial charge on any atom is -0.461 e. The Hall–Kier alpha value is -2.51. The molecule has 1 fully saturated rings. The van der Waals surface area contributed by atoms with Gasteiger partial charge in [0.2, 0.25) is 5.91 Å². The van der Waals surface area contributed by atoms with E-state index in [1.807, 2.05) is 48.5 Å². The number of hydrogen-bond donors (Lipinski definition) is 0. The van der Waals surface area contributed by atoms with Gasteiger partial charge in [-0.05, 0) is 17.7 Å². The SMILES string of the molecule is O=C1OC[C@H]1N(Cc1ccccc1)C(=O)CSOOc1ccccc1. The monoisotopic (exact) mass is 359 g/mol. The Morgan fingerprint density at radius 3 is 2.40 bits per heavy atom. The predicted molar refractivity (Wildman–Crippen MR) is 92.4 cm³/mol. The van der Waals surface area contributed by atoms with Gasteiger partial charge in [-0.1, -0.05) is 48.5 Å². The van der Waals surface area contributed by atoms with E-state index in [2.05, 4.69) is 0 Å². The van der Waals surface area contributed by atoms with Gasteiger partial charge in [0.05, 0.1) is 12.0 Å². The molecule has 0 saturated carbocycles. The van der Waals surface area contributed by atoms with Crippen molar-refractivity contribution >= 4 is 23.9 Å². The van der Waals surface area contributed by atoms with Crippen molar-refractivity contribution in [2.75, 3.05) is 12.4 Å². The summed E-state index contributed by atoms with van der Waals surface area (Å²) in [7, 11) is 0.